The van der Waals surface area contributed by atoms with Crippen LogP contribution in [0.25, 0.3) is 0 Å². The Balaban J connectivity index is 2.25. The fourth-order valence-corrected chi connectivity index (χ4v) is 2.35. The third-order valence-electron chi connectivity index (χ3n) is 3.15. The van der Waals surface area contributed by atoms with Crippen molar-refractivity contribution in [2.24, 2.45) is 0 Å². The highest BCUT2D eigenvalue weighted by atomic mass is 35.5. The summed E-state index contributed by atoms with van der Waals surface area (Å²) >= 11 is 5.93. The highest BCUT2D eigenvalue weighted by molar-refractivity contribution is 6.31. The zero-order chi connectivity index (χ0) is 11.5. The van der Waals surface area contributed by atoms with Crippen LogP contribution >= 0.6 is 11.6 Å². The zero-order valence-electron chi connectivity index (χ0n) is 9.49. The maximum atomic E-state index is 9.14. The molecule has 0 aliphatic carbocycles. The Morgan fingerprint density at radius 1 is 1.50 bits per heavy atom. The van der Waals surface area contributed by atoms with Gasteiger partial charge in [0.2, 0.25) is 0 Å². The normalized spacial score (nSPS) is 21.2. The van der Waals surface area contributed by atoms with E-state index in [9.17, 15) is 0 Å². The van der Waals surface area contributed by atoms with Crippen molar-refractivity contribution in [3.05, 3.63) is 22.8 Å². The van der Waals surface area contributed by atoms with Gasteiger partial charge in [-0.05, 0) is 38.3 Å². The number of hydrogen-bond acceptors (Lipinski definition) is 3. The SMILES string of the molecule is CC1CCCCN1c1ccc(Cl)c(CO)n1. The van der Waals surface area contributed by atoms with Gasteiger partial charge in [-0.1, -0.05) is 11.6 Å². The first-order chi connectivity index (χ1) is 7.72. The number of nitrogens with zero attached hydrogens (tertiary/aromatic N) is 2. The lowest BCUT2D eigenvalue weighted by atomic mass is 10.0. The third-order valence-corrected chi connectivity index (χ3v) is 3.50. The van der Waals surface area contributed by atoms with Crippen LogP contribution in [0, 0.1) is 0 Å². The number of aliphatic hydroxyl groups is 1. The van der Waals surface area contributed by atoms with Gasteiger partial charge in [-0.2, -0.15) is 0 Å². The van der Waals surface area contributed by atoms with Gasteiger partial charge in [0.1, 0.15) is 5.82 Å². The molecule has 1 unspecified atom stereocenters. The lowest BCUT2D eigenvalue weighted by molar-refractivity contribution is 0.277. The standard InChI is InChI=1S/C12H17ClN2O/c1-9-4-2-3-7-15(9)12-6-5-10(13)11(8-16)14-12/h5-6,9,16H,2-4,7-8H2,1H3. The maximum Gasteiger partial charge on any atom is 0.129 e. The molecular weight excluding hydrogens is 224 g/mol. The molecule has 2 rings (SSSR count). The van der Waals surface area contributed by atoms with E-state index in [1.807, 2.05) is 12.1 Å². The molecule has 1 aliphatic rings. The second-order valence-electron chi connectivity index (χ2n) is 4.29. The molecule has 1 saturated heterocycles. The van der Waals surface area contributed by atoms with Crippen LogP contribution in [-0.4, -0.2) is 22.7 Å². The van der Waals surface area contributed by atoms with Crippen LogP contribution in [0.3, 0.4) is 0 Å². The quantitative estimate of drug-likeness (QED) is 0.863. The van der Waals surface area contributed by atoms with Crippen molar-refractivity contribution in [1.82, 2.24) is 4.98 Å². The molecule has 2 heterocycles. The molecule has 0 bridgehead atoms. The van der Waals surface area contributed by atoms with Gasteiger partial charge in [0.05, 0.1) is 17.3 Å². The van der Waals surface area contributed by atoms with Gasteiger partial charge in [-0.25, -0.2) is 4.98 Å². The number of hydrogen-bond donors (Lipinski definition) is 1. The molecule has 1 fully saturated rings. The van der Waals surface area contributed by atoms with E-state index in [1.54, 1.807) is 0 Å². The number of pyridine rings is 1. The third kappa shape index (κ3) is 2.30. The lowest BCUT2D eigenvalue weighted by Crippen LogP contribution is -2.38. The van der Waals surface area contributed by atoms with E-state index < -0.39 is 0 Å². The summed E-state index contributed by atoms with van der Waals surface area (Å²) < 4.78 is 0. The van der Waals surface area contributed by atoms with E-state index in [0.717, 1.165) is 12.4 Å². The second-order valence-corrected chi connectivity index (χ2v) is 4.70. The summed E-state index contributed by atoms with van der Waals surface area (Å²) in [6.07, 6.45) is 3.71. The maximum absolute atomic E-state index is 9.14. The fourth-order valence-electron chi connectivity index (χ4n) is 2.18. The Bertz CT molecular complexity index is 370. The van der Waals surface area contributed by atoms with Gasteiger partial charge >= 0.3 is 0 Å². The molecule has 1 aromatic rings. The minimum absolute atomic E-state index is 0.102. The monoisotopic (exact) mass is 240 g/mol. The predicted molar refractivity (Wildman–Crippen MR) is 65.8 cm³/mol. The molecule has 1 N–H and O–H groups in total. The molecule has 16 heavy (non-hydrogen) atoms. The van der Waals surface area contributed by atoms with Crippen LogP contribution in [0.2, 0.25) is 5.02 Å². The molecule has 1 aromatic heterocycles. The molecule has 4 heteroatoms. The first kappa shape index (κ1) is 11.7. The first-order valence-electron chi connectivity index (χ1n) is 5.75. The van der Waals surface area contributed by atoms with Gasteiger partial charge in [-0.15, -0.1) is 0 Å². The Kier molecular flexibility index (Phi) is 3.66. The van der Waals surface area contributed by atoms with E-state index >= 15 is 0 Å². The number of aliphatic hydroxyl groups excluding tert-OH is 1. The average Bonchev–Trinajstić information content (AvgIpc) is 2.31. The number of anilines is 1. The van der Waals surface area contributed by atoms with Gasteiger partial charge in [0.25, 0.3) is 0 Å². The van der Waals surface area contributed by atoms with Crippen molar-refractivity contribution in [2.45, 2.75) is 38.8 Å². The van der Waals surface area contributed by atoms with Crippen LogP contribution in [0.4, 0.5) is 5.82 Å². The highest BCUT2D eigenvalue weighted by Gasteiger charge is 2.20. The van der Waals surface area contributed by atoms with Crippen molar-refractivity contribution in [2.75, 3.05) is 11.4 Å². The van der Waals surface area contributed by atoms with Crippen molar-refractivity contribution >= 4 is 17.4 Å². The van der Waals surface area contributed by atoms with Gasteiger partial charge in [-0.3, -0.25) is 0 Å². The Labute approximate surface area is 101 Å². The van der Waals surface area contributed by atoms with Crippen molar-refractivity contribution < 1.29 is 5.11 Å². The van der Waals surface area contributed by atoms with Gasteiger partial charge < -0.3 is 10.0 Å². The minimum Gasteiger partial charge on any atom is -0.390 e. The number of rotatable bonds is 2. The summed E-state index contributed by atoms with van der Waals surface area (Å²) in [6.45, 7) is 3.16. The molecule has 0 saturated carbocycles. The van der Waals surface area contributed by atoms with E-state index in [0.29, 0.717) is 16.8 Å². The summed E-state index contributed by atoms with van der Waals surface area (Å²) in [5.41, 5.74) is 0.567. The Morgan fingerprint density at radius 3 is 3.00 bits per heavy atom. The Morgan fingerprint density at radius 2 is 2.31 bits per heavy atom. The Hall–Kier alpha value is -0.800. The van der Waals surface area contributed by atoms with Crippen molar-refractivity contribution in [1.29, 1.82) is 0 Å². The van der Waals surface area contributed by atoms with Crippen LogP contribution in [0.15, 0.2) is 12.1 Å². The van der Waals surface area contributed by atoms with Crippen LogP contribution < -0.4 is 4.90 Å². The first-order valence-corrected chi connectivity index (χ1v) is 6.13. The smallest absolute Gasteiger partial charge is 0.129 e. The minimum atomic E-state index is -0.102. The molecule has 0 spiro atoms. The van der Waals surface area contributed by atoms with E-state index in [2.05, 4.69) is 16.8 Å². The molecule has 1 atom stereocenters. The van der Waals surface area contributed by atoms with Gasteiger partial charge in [0.15, 0.2) is 0 Å². The number of halogens is 1. The second kappa shape index (κ2) is 5.02. The topological polar surface area (TPSA) is 36.4 Å². The molecule has 0 aromatic carbocycles. The lowest BCUT2D eigenvalue weighted by Gasteiger charge is -2.34. The summed E-state index contributed by atoms with van der Waals surface area (Å²) in [5.74, 6) is 0.931. The van der Waals surface area contributed by atoms with Crippen molar-refractivity contribution in [3.8, 4) is 0 Å². The fraction of sp³-hybridized carbons (Fsp3) is 0.583. The molecule has 88 valence electrons. The van der Waals surface area contributed by atoms with Crippen molar-refractivity contribution in [3.63, 3.8) is 0 Å². The summed E-state index contributed by atoms with van der Waals surface area (Å²) in [6, 6.07) is 4.27. The molecule has 0 amide bonds. The molecule has 0 radical (unpaired) electrons. The van der Waals surface area contributed by atoms with E-state index in [4.69, 9.17) is 16.7 Å². The summed E-state index contributed by atoms with van der Waals surface area (Å²) in [5, 5.41) is 9.68. The number of aromatic nitrogens is 1. The van der Waals surface area contributed by atoms with Gasteiger partial charge in [0, 0.05) is 12.6 Å². The zero-order valence-corrected chi connectivity index (χ0v) is 10.2. The summed E-state index contributed by atoms with van der Waals surface area (Å²) in [7, 11) is 0. The molecular formula is C12H17ClN2O. The predicted octanol–water partition coefficient (Wildman–Crippen LogP) is 2.61. The van der Waals surface area contributed by atoms with Crippen LogP contribution in [-0.2, 0) is 6.61 Å². The van der Waals surface area contributed by atoms with E-state index in [-0.39, 0.29) is 6.61 Å². The highest BCUT2D eigenvalue weighted by Crippen LogP contribution is 2.25. The molecule has 1 aliphatic heterocycles. The largest absolute Gasteiger partial charge is 0.390 e. The van der Waals surface area contributed by atoms with E-state index in [1.165, 1.54) is 19.3 Å². The van der Waals surface area contributed by atoms with Crippen LogP contribution in [0.5, 0.6) is 0 Å². The van der Waals surface area contributed by atoms with Crippen LogP contribution in [0.1, 0.15) is 31.9 Å². The average molecular weight is 241 g/mol. The summed E-state index contributed by atoms with van der Waals surface area (Å²) in [4.78, 5) is 6.70. The molecule has 3 nitrogen and oxygen atoms in total. The number of piperidine rings is 1.